The summed E-state index contributed by atoms with van der Waals surface area (Å²) >= 11 is 7.45. The van der Waals surface area contributed by atoms with Crippen molar-refractivity contribution in [2.24, 2.45) is 0 Å². The smallest absolute Gasteiger partial charge is 0.234 e. The van der Waals surface area contributed by atoms with Crippen LogP contribution >= 0.6 is 23.4 Å². The Morgan fingerprint density at radius 3 is 2.69 bits per heavy atom. The zero-order valence-corrected chi connectivity index (χ0v) is 20.2. The number of hydrogen-bond acceptors (Lipinski definition) is 6. The number of hydrogen-bond donors (Lipinski definition) is 1. The quantitative estimate of drug-likeness (QED) is 0.403. The van der Waals surface area contributed by atoms with Crippen molar-refractivity contribution < 1.29 is 14.3 Å². The Bertz CT molecular complexity index is 1090. The van der Waals surface area contributed by atoms with Crippen molar-refractivity contribution >= 4 is 35.0 Å². The number of carbonyl (C=O) groups is 1. The number of carbonyl (C=O) groups excluding carboxylic acids is 1. The summed E-state index contributed by atoms with van der Waals surface area (Å²) in [5.74, 6) is 2.12. The predicted octanol–water partition coefficient (Wildman–Crippen LogP) is 5.28. The van der Waals surface area contributed by atoms with Gasteiger partial charge in [-0.15, -0.1) is 10.2 Å². The van der Waals surface area contributed by atoms with E-state index >= 15 is 0 Å². The van der Waals surface area contributed by atoms with Crippen LogP contribution in [0.25, 0.3) is 0 Å². The van der Waals surface area contributed by atoms with Gasteiger partial charge in [0.2, 0.25) is 5.91 Å². The fraction of sp³-hybridized carbons (Fsp3) is 0.348. The zero-order chi connectivity index (χ0) is 23.1. The molecule has 3 aromatic rings. The monoisotopic (exact) mass is 474 g/mol. The molecule has 32 heavy (non-hydrogen) atoms. The van der Waals surface area contributed by atoms with Gasteiger partial charge in [-0.05, 0) is 63.1 Å². The van der Waals surface area contributed by atoms with E-state index in [1.807, 2.05) is 62.6 Å². The second kappa shape index (κ2) is 11.2. The lowest BCUT2D eigenvalue weighted by Gasteiger charge is -2.13. The summed E-state index contributed by atoms with van der Waals surface area (Å²) in [7, 11) is 0. The Morgan fingerprint density at radius 1 is 1.12 bits per heavy atom. The molecule has 0 unspecified atom stereocenters. The standard InChI is InChI=1S/C23H27ClN4O3S/c1-5-28-21(13-31-19-11-10-15(3)12-20(19)30-6-2)26-27-23(28)32-14-22(29)25-18-9-7-8-17(24)16(18)4/h7-12H,5-6,13-14H2,1-4H3,(H,25,29). The van der Waals surface area contributed by atoms with Crippen LogP contribution in [0.2, 0.25) is 5.02 Å². The van der Waals surface area contributed by atoms with Crippen LogP contribution in [0.1, 0.15) is 30.8 Å². The summed E-state index contributed by atoms with van der Waals surface area (Å²) in [6.07, 6.45) is 0. The second-order valence-corrected chi connectivity index (χ2v) is 8.41. The molecule has 1 N–H and O–H groups in total. The molecule has 0 aliphatic rings. The molecule has 170 valence electrons. The number of nitrogens with zero attached hydrogens (tertiary/aromatic N) is 3. The maximum atomic E-state index is 12.4. The van der Waals surface area contributed by atoms with Crippen LogP contribution in [-0.4, -0.2) is 33.0 Å². The molecular weight excluding hydrogens is 448 g/mol. The first-order valence-electron chi connectivity index (χ1n) is 10.4. The highest BCUT2D eigenvalue weighted by Gasteiger charge is 2.15. The summed E-state index contributed by atoms with van der Waals surface area (Å²) in [5, 5.41) is 12.7. The summed E-state index contributed by atoms with van der Waals surface area (Å²) in [6.45, 7) is 9.29. The van der Waals surface area contributed by atoms with Crippen molar-refractivity contribution in [3.8, 4) is 11.5 Å². The number of benzene rings is 2. The van der Waals surface area contributed by atoms with E-state index < -0.39 is 0 Å². The molecular formula is C23H27ClN4O3S. The third-order valence-electron chi connectivity index (χ3n) is 4.74. The SMILES string of the molecule is CCOc1cc(C)ccc1OCc1nnc(SCC(=O)Nc2cccc(Cl)c2C)n1CC. The minimum atomic E-state index is -0.134. The number of halogens is 1. The molecule has 1 heterocycles. The van der Waals surface area contributed by atoms with Crippen molar-refractivity contribution in [2.45, 2.75) is 46.0 Å². The minimum Gasteiger partial charge on any atom is -0.490 e. The lowest BCUT2D eigenvalue weighted by molar-refractivity contribution is -0.113. The van der Waals surface area contributed by atoms with E-state index in [-0.39, 0.29) is 18.3 Å². The third-order valence-corrected chi connectivity index (χ3v) is 6.12. The van der Waals surface area contributed by atoms with Gasteiger partial charge >= 0.3 is 0 Å². The molecule has 0 radical (unpaired) electrons. The van der Waals surface area contributed by atoms with Crippen molar-refractivity contribution in [1.29, 1.82) is 0 Å². The van der Waals surface area contributed by atoms with Gasteiger partial charge in [-0.3, -0.25) is 4.79 Å². The molecule has 0 fully saturated rings. The molecule has 2 aromatic carbocycles. The van der Waals surface area contributed by atoms with Gasteiger partial charge in [0.05, 0.1) is 12.4 Å². The maximum absolute atomic E-state index is 12.4. The van der Waals surface area contributed by atoms with E-state index in [4.69, 9.17) is 21.1 Å². The van der Waals surface area contributed by atoms with E-state index in [1.54, 1.807) is 6.07 Å². The molecule has 1 aromatic heterocycles. The fourth-order valence-electron chi connectivity index (χ4n) is 3.05. The minimum absolute atomic E-state index is 0.134. The second-order valence-electron chi connectivity index (χ2n) is 7.06. The lowest BCUT2D eigenvalue weighted by atomic mass is 10.2. The number of rotatable bonds is 10. The number of anilines is 1. The molecule has 0 bridgehead atoms. The summed E-state index contributed by atoms with van der Waals surface area (Å²) in [6, 6.07) is 11.3. The summed E-state index contributed by atoms with van der Waals surface area (Å²) in [4.78, 5) is 12.4. The van der Waals surface area contributed by atoms with Crippen molar-refractivity contribution in [3.05, 3.63) is 58.4 Å². The Balaban J connectivity index is 1.62. The topological polar surface area (TPSA) is 78.3 Å². The van der Waals surface area contributed by atoms with Crippen LogP contribution in [0.5, 0.6) is 11.5 Å². The molecule has 0 aliphatic carbocycles. The largest absolute Gasteiger partial charge is 0.490 e. The molecule has 0 atom stereocenters. The van der Waals surface area contributed by atoms with Crippen LogP contribution in [0.15, 0.2) is 41.6 Å². The highest BCUT2D eigenvalue weighted by molar-refractivity contribution is 7.99. The molecule has 1 amide bonds. The Kier molecular flexibility index (Phi) is 8.41. The molecule has 9 heteroatoms. The van der Waals surface area contributed by atoms with Crippen molar-refractivity contribution in [3.63, 3.8) is 0 Å². The van der Waals surface area contributed by atoms with Crippen molar-refractivity contribution in [1.82, 2.24) is 14.8 Å². The zero-order valence-electron chi connectivity index (χ0n) is 18.6. The van der Waals surface area contributed by atoms with Gasteiger partial charge in [0.15, 0.2) is 22.5 Å². The number of aromatic nitrogens is 3. The van der Waals surface area contributed by atoms with Gasteiger partial charge in [-0.2, -0.15) is 0 Å². The first kappa shape index (κ1) is 23.9. The van der Waals surface area contributed by atoms with Gasteiger partial charge < -0.3 is 19.4 Å². The van der Waals surface area contributed by atoms with Crippen LogP contribution in [0.4, 0.5) is 5.69 Å². The van der Waals surface area contributed by atoms with Gasteiger partial charge in [0.25, 0.3) is 0 Å². The Labute approximate surface area is 197 Å². The van der Waals surface area contributed by atoms with E-state index in [0.29, 0.717) is 46.3 Å². The van der Waals surface area contributed by atoms with Crippen LogP contribution in [-0.2, 0) is 17.9 Å². The van der Waals surface area contributed by atoms with Gasteiger partial charge in [-0.1, -0.05) is 35.5 Å². The number of thioether (sulfide) groups is 1. The number of aryl methyl sites for hydroxylation is 1. The summed E-state index contributed by atoms with van der Waals surface area (Å²) in [5.41, 5.74) is 2.64. The Morgan fingerprint density at radius 2 is 1.94 bits per heavy atom. The van der Waals surface area contributed by atoms with E-state index in [9.17, 15) is 4.79 Å². The molecule has 0 aliphatic heterocycles. The average Bonchev–Trinajstić information content (AvgIpc) is 3.17. The first-order valence-corrected chi connectivity index (χ1v) is 11.7. The molecule has 0 saturated carbocycles. The van der Waals surface area contributed by atoms with E-state index in [2.05, 4.69) is 15.5 Å². The highest BCUT2D eigenvalue weighted by atomic mass is 35.5. The highest BCUT2D eigenvalue weighted by Crippen LogP contribution is 2.29. The van der Waals surface area contributed by atoms with Gasteiger partial charge in [0.1, 0.15) is 6.61 Å². The van der Waals surface area contributed by atoms with Crippen LogP contribution < -0.4 is 14.8 Å². The third kappa shape index (κ3) is 5.95. The predicted molar refractivity (Wildman–Crippen MR) is 128 cm³/mol. The Hall–Kier alpha value is -2.71. The van der Waals surface area contributed by atoms with E-state index in [0.717, 1.165) is 11.1 Å². The van der Waals surface area contributed by atoms with Gasteiger partial charge in [0, 0.05) is 17.3 Å². The van der Waals surface area contributed by atoms with Gasteiger partial charge in [-0.25, -0.2) is 0 Å². The fourth-order valence-corrected chi connectivity index (χ4v) is 4.05. The molecule has 7 nitrogen and oxygen atoms in total. The van der Waals surface area contributed by atoms with E-state index in [1.165, 1.54) is 11.8 Å². The van der Waals surface area contributed by atoms with Crippen molar-refractivity contribution in [2.75, 3.05) is 17.7 Å². The normalized spacial score (nSPS) is 10.8. The summed E-state index contributed by atoms with van der Waals surface area (Å²) < 4.78 is 13.6. The lowest BCUT2D eigenvalue weighted by Crippen LogP contribution is -2.15. The number of amides is 1. The molecule has 0 spiro atoms. The number of ether oxygens (including phenoxy) is 2. The molecule has 3 rings (SSSR count). The first-order chi connectivity index (χ1) is 15.4. The van der Waals surface area contributed by atoms with Crippen LogP contribution in [0, 0.1) is 13.8 Å². The molecule has 0 saturated heterocycles. The average molecular weight is 475 g/mol. The van der Waals surface area contributed by atoms with Crippen LogP contribution in [0.3, 0.4) is 0 Å². The number of nitrogens with one attached hydrogen (secondary N) is 1. The maximum Gasteiger partial charge on any atom is 0.234 e.